The molecule has 2 aromatic rings. The van der Waals surface area contributed by atoms with Crippen LogP contribution >= 0.6 is 22.9 Å². The monoisotopic (exact) mass is 351 g/mol. The molecular formula is C18H22ClNO2S. The van der Waals surface area contributed by atoms with Crippen molar-refractivity contribution >= 4 is 28.8 Å². The fourth-order valence-corrected chi connectivity index (χ4v) is 3.26. The van der Waals surface area contributed by atoms with E-state index in [4.69, 9.17) is 16.3 Å². The molecule has 0 aliphatic carbocycles. The van der Waals surface area contributed by atoms with E-state index in [1.807, 2.05) is 25.1 Å². The maximum atomic E-state index is 12.2. The second-order valence-electron chi connectivity index (χ2n) is 5.88. The Labute approximate surface area is 146 Å². The van der Waals surface area contributed by atoms with Gasteiger partial charge in [-0.15, -0.1) is 11.3 Å². The zero-order valence-electron chi connectivity index (χ0n) is 13.9. The van der Waals surface area contributed by atoms with Crippen molar-refractivity contribution in [3.05, 3.63) is 50.7 Å². The van der Waals surface area contributed by atoms with Crippen molar-refractivity contribution in [2.75, 3.05) is 0 Å². The summed E-state index contributed by atoms with van der Waals surface area (Å²) in [5.74, 6) is 0.988. The molecule has 3 nitrogen and oxygen atoms in total. The van der Waals surface area contributed by atoms with E-state index < -0.39 is 6.10 Å². The third-order valence-electron chi connectivity index (χ3n) is 3.53. The van der Waals surface area contributed by atoms with Gasteiger partial charge < -0.3 is 10.1 Å². The minimum Gasteiger partial charge on any atom is -0.481 e. The van der Waals surface area contributed by atoms with Crippen LogP contribution in [0.1, 0.15) is 42.7 Å². The molecule has 1 aromatic carbocycles. The van der Waals surface area contributed by atoms with Crippen molar-refractivity contribution in [3.8, 4) is 5.75 Å². The quantitative estimate of drug-likeness (QED) is 0.802. The van der Waals surface area contributed by atoms with E-state index in [-0.39, 0.29) is 5.91 Å². The Kier molecular flexibility index (Phi) is 6.08. The van der Waals surface area contributed by atoms with Crippen LogP contribution in [0.25, 0.3) is 0 Å². The first kappa shape index (κ1) is 17.8. The number of thiophene rings is 1. The molecule has 0 radical (unpaired) electrons. The lowest BCUT2D eigenvalue weighted by atomic mass is 10.0. The predicted molar refractivity (Wildman–Crippen MR) is 96.5 cm³/mol. The number of nitrogens with one attached hydrogen (secondary N) is 1. The molecule has 0 saturated carbocycles. The Morgan fingerprint density at radius 2 is 2.00 bits per heavy atom. The molecule has 0 saturated heterocycles. The van der Waals surface area contributed by atoms with Crippen LogP contribution in [-0.4, -0.2) is 12.0 Å². The van der Waals surface area contributed by atoms with Crippen LogP contribution in [0.3, 0.4) is 0 Å². The van der Waals surface area contributed by atoms with Gasteiger partial charge in [0, 0.05) is 4.88 Å². The van der Waals surface area contributed by atoms with E-state index in [0.29, 0.717) is 12.5 Å². The van der Waals surface area contributed by atoms with Crippen LogP contribution in [0, 0.1) is 6.92 Å². The molecule has 0 spiro atoms. The summed E-state index contributed by atoms with van der Waals surface area (Å²) in [4.78, 5) is 13.3. The lowest BCUT2D eigenvalue weighted by Gasteiger charge is -2.19. The summed E-state index contributed by atoms with van der Waals surface area (Å²) in [6.45, 7) is 8.48. The van der Waals surface area contributed by atoms with Crippen molar-refractivity contribution in [3.63, 3.8) is 0 Å². The van der Waals surface area contributed by atoms with E-state index in [1.165, 1.54) is 11.3 Å². The first-order valence-electron chi connectivity index (χ1n) is 7.66. The molecule has 0 fully saturated rings. The highest BCUT2D eigenvalue weighted by molar-refractivity contribution is 7.16. The second-order valence-corrected chi connectivity index (χ2v) is 7.68. The molecular weight excluding hydrogens is 330 g/mol. The highest BCUT2D eigenvalue weighted by Gasteiger charge is 2.17. The van der Waals surface area contributed by atoms with Crippen LogP contribution in [0.2, 0.25) is 4.34 Å². The fourth-order valence-electron chi connectivity index (χ4n) is 2.23. The molecule has 1 aromatic heterocycles. The lowest BCUT2D eigenvalue weighted by molar-refractivity contribution is -0.127. The van der Waals surface area contributed by atoms with Crippen LogP contribution in [0.5, 0.6) is 5.75 Å². The van der Waals surface area contributed by atoms with E-state index in [1.54, 1.807) is 6.92 Å². The molecule has 5 heteroatoms. The van der Waals surface area contributed by atoms with Crippen molar-refractivity contribution in [1.82, 2.24) is 5.32 Å². The van der Waals surface area contributed by atoms with Gasteiger partial charge in [0.2, 0.25) is 0 Å². The molecule has 1 N–H and O–H groups in total. The van der Waals surface area contributed by atoms with Crippen LogP contribution in [0.4, 0.5) is 0 Å². The third kappa shape index (κ3) is 4.98. The minimum absolute atomic E-state index is 0.134. The maximum absolute atomic E-state index is 12.2. The molecule has 1 heterocycles. The Morgan fingerprint density at radius 1 is 1.26 bits per heavy atom. The van der Waals surface area contributed by atoms with E-state index in [2.05, 4.69) is 31.3 Å². The SMILES string of the molecule is Cc1ccc(C(C)C)c(OC(C)C(=O)NCc2ccc(Cl)s2)c1. The van der Waals surface area contributed by atoms with Gasteiger partial charge in [-0.05, 0) is 49.1 Å². The van der Waals surface area contributed by atoms with Gasteiger partial charge in [0.25, 0.3) is 5.91 Å². The summed E-state index contributed by atoms with van der Waals surface area (Å²) in [6.07, 6.45) is -0.551. The molecule has 0 bridgehead atoms. The highest BCUT2D eigenvalue weighted by atomic mass is 35.5. The number of aryl methyl sites for hydroxylation is 1. The lowest BCUT2D eigenvalue weighted by Crippen LogP contribution is -2.36. The van der Waals surface area contributed by atoms with Crippen LogP contribution in [-0.2, 0) is 11.3 Å². The van der Waals surface area contributed by atoms with Crippen molar-refractivity contribution in [2.24, 2.45) is 0 Å². The van der Waals surface area contributed by atoms with Crippen molar-refractivity contribution in [2.45, 2.75) is 46.3 Å². The van der Waals surface area contributed by atoms with E-state index in [9.17, 15) is 4.79 Å². The highest BCUT2D eigenvalue weighted by Crippen LogP contribution is 2.28. The van der Waals surface area contributed by atoms with Crippen molar-refractivity contribution < 1.29 is 9.53 Å². The number of hydrogen-bond donors (Lipinski definition) is 1. The average molecular weight is 352 g/mol. The third-order valence-corrected chi connectivity index (χ3v) is 4.76. The summed E-state index contributed by atoms with van der Waals surface area (Å²) in [5.41, 5.74) is 2.23. The van der Waals surface area contributed by atoms with Gasteiger partial charge in [0.05, 0.1) is 10.9 Å². The minimum atomic E-state index is -0.551. The van der Waals surface area contributed by atoms with Crippen LogP contribution < -0.4 is 10.1 Å². The van der Waals surface area contributed by atoms with Gasteiger partial charge >= 0.3 is 0 Å². The zero-order chi connectivity index (χ0) is 17.0. The number of ether oxygens (including phenoxy) is 1. The van der Waals surface area contributed by atoms with E-state index >= 15 is 0 Å². The number of carbonyl (C=O) groups excluding carboxylic acids is 1. The Hall–Kier alpha value is -1.52. The molecule has 1 amide bonds. The number of hydrogen-bond acceptors (Lipinski definition) is 3. The average Bonchev–Trinajstić information content (AvgIpc) is 2.90. The standard InChI is InChI=1S/C18H22ClNO2S/c1-11(2)15-7-5-12(3)9-16(15)22-13(4)18(21)20-10-14-6-8-17(19)23-14/h5-9,11,13H,10H2,1-4H3,(H,20,21). The topological polar surface area (TPSA) is 38.3 Å². The number of benzene rings is 1. The summed E-state index contributed by atoms with van der Waals surface area (Å²) < 4.78 is 6.63. The van der Waals surface area contributed by atoms with Gasteiger partial charge in [-0.2, -0.15) is 0 Å². The second kappa shape index (κ2) is 7.84. The summed E-state index contributed by atoms with van der Waals surface area (Å²) >= 11 is 7.35. The maximum Gasteiger partial charge on any atom is 0.261 e. The number of carbonyl (C=O) groups is 1. The van der Waals surface area contributed by atoms with Gasteiger partial charge in [0.15, 0.2) is 6.10 Å². The summed E-state index contributed by atoms with van der Waals surface area (Å²) in [6, 6.07) is 9.85. The van der Waals surface area contributed by atoms with Gasteiger partial charge in [-0.3, -0.25) is 4.79 Å². The Bertz CT molecular complexity index is 681. The molecule has 0 aliphatic rings. The van der Waals surface area contributed by atoms with Crippen LogP contribution in [0.15, 0.2) is 30.3 Å². The predicted octanol–water partition coefficient (Wildman–Crippen LogP) is 4.92. The first-order chi connectivity index (χ1) is 10.9. The summed E-state index contributed by atoms with van der Waals surface area (Å²) in [7, 11) is 0. The number of halogens is 1. The largest absolute Gasteiger partial charge is 0.481 e. The normalized spacial score (nSPS) is 12.3. The Morgan fingerprint density at radius 3 is 2.61 bits per heavy atom. The zero-order valence-corrected chi connectivity index (χ0v) is 15.4. The van der Waals surface area contributed by atoms with Gasteiger partial charge in [0.1, 0.15) is 5.75 Å². The van der Waals surface area contributed by atoms with E-state index in [0.717, 1.165) is 26.1 Å². The first-order valence-corrected chi connectivity index (χ1v) is 8.85. The summed E-state index contributed by atoms with van der Waals surface area (Å²) in [5, 5.41) is 2.88. The van der Waals surface area contributed by atoms with Crippen molar-refractivity contribution in [1.29, 1.82) is 0 Å². The Balaban J connectivity index is 1.99. The molecule has 23 heavy (non-hydrogen) atoms. The molecule has 1 atom stereocenters. The fraction of sp³-hybridized carbons (Fsp3) is 0.389. The molecule has 2 rings (SSSR count). The molecule has 0 aliphatic heterocycles. The smallest absolute Gasteiger partial charge is 0.261 e. The molecule has 1 unspecified atom stereocenters. The van der Waals surface area contributed by atoms with Gasteiger partial charge in [-0.1, -0.05) is 37.6 Å². The molecule has 124 valence electrons. The number of rotatable bonds is 6. The number of amides is 1. The van der Waals surface area contributed by atoms with Gasteiger partial charge in [-0.25, -0.2) is 0 Å².